The Morgan fingerprint density at radius 1 is 1.15 bits per heavy atom. The summed E-state index contributed by atoms with van der Waals surface area (Å²) in [5, 5.41) is 14.8. The van der Waals surface area contributed by atoms with Crippen molar-refractivity contribution in [1.82, 2.24) is 20.2 Å². The fourth-order valence-corrected chi connectivity index (χ4v) is 2.90. The zero-order valence-corrected chi connectivity index (χ0v) is 16.2. The van der Waals surface area contributed by atoms with E-state index in [1.807, 2.05) is 49.4 Å². The van der Waals surface area contributed by atoms with Gasteiger partial charge in [0.25, 0.3) is 0 Å². The smallest absolute Gasteiger partial charge is 0.243 e. The van der Waals surface area contributed by atoms with Crippen molar-refractivity contribution in [2.75, 3.05) is 12.4 Å². The number of ether oxygens (including phenoxy) is 2. The molecule has 26 heavy (non-hydrogen) atoms. The minimum atomic E-state index is 0.479. The highest BCUT2D eigenvalue weighted by molar-refractivity contribution is 9.10. The normalized spacial score (nSPS) is 10.6. The van der Waals surface area contributed by atoms with E-state index in [1.54, 1.807) is 11.8 Å². The fraction of sp³-hybridized carbons (Fsp3) is 0.278. The number of rotatable bonds is 8. The standard InChI is InChI=1S/C18H20BrN5O2/c1-3-24-18(21-22-23-24)20-11-14-9-16(25-2)17(10-15(14)19)26-12-13-7-5-4-6-8-13/h4-10H,3,11-12H2,1-2H3,(H,20,21,23). The van der Waals surface area contributed by atoms with Crippen molar-refractivity contribution in [1.29, 1.82) is 0 Å². The van der Waals surface area contributed by atoms with E-state index in [4.69, 9.17) is 9.47 Å². The number of nitrogens with zero attached hydrogens (tertiary/aromatic N) is 4. The largest absolute Gasteiger partial charge is 0.493 e. The Morgan fingerprint density at radius 2 is 1.96 bits per heavy atom. The van der Waals surface area contributed by atoms with Gasteiger partial charge in [0.15, 0.2) is 11.5 Å². The van der Waals surface area contributed by atoms with Gasteiger partial charge in [0.2, 0.25) is 5.95 Å². The second kappa shape index (κ2) is 8.66. The Hall–Kier alpha value is -2.61. The SMILES string of the molecule is CCn1nnnc1NCc1cc(OC)c(OCc2ccccc2)cc1Br. The number of methoxy groups -OCH3 is 1. The van der Waals surface area contributed by atoms with Crippen molar-refractivity contribution in [2.45, 2.75) is 26.6 Å². The average molecular weight is 418 g/mol. The summed E-state index contributed by atoms with van der Waals surface area (Å²) >= 11 is 3.60. The van der Waals surface area contributed by atoms with Crippen molar-refractivity contribution in [2.24, 2.45) is 0 Å². The highest BCUT2D eigenvalue weighted by Gasteiger charge is 2.12. The first kappa shape index (κ1) is 18.2. The monoisotopic (exact) mass is 417 g/mol. The van der Waals surface area contributed by atoms with Gasteiger partial charge in [-0.25, -0.2) is 4.68 Å². The second-order valence-electron chi connectivity index (χ2n) is 5.54. The molecule has 7 nitrogen and oxygen atoms in total. The average Bonchev–Trinajstić information content (AvgIpc) is 3.14. The van der Waals surface area contributed by atoms with E-state index in [1.165, 1.54) is 0 Å². The van der Waals surface area contributed by atoms with Crippen LogP contribution in [0.3, 0.4) is 0 Å². The molecule has 0 saturated heterocycles. The predicted octanol–water partition coefficient (Wildman–Crippen LogP) is 3.66. The number of hydrogen-bond acceptors (Lipinski definition) is 6. The van der Waals surface area contributed by atoms with Crippen LogP contribution in [0.15, 0.2) is 46.9 Å². The van der Waals surface area contributed by atoms with Crippen LogP contribution in [0.2, 0.25) is 0 Å². The lowest BCUT2D eigenvalue weighted by Gasteiger charge is -2.14. The van der Waals surface area contributed by atoms with Crippen LogP contribution in [0.25, 0.3) is 0 Å². The molecule has 0 bridgehead atoms. The van der Waals surface area contributed by atoms with E-state index in [0.29, 0.717) is 37.1 Å². The topological polar surface area (TPSA) is 74.1 Å². The molecule has 0 atom stereocenters. The van der Waals surface area contributed by atoms with Crippen LogP contribution >= 0.6 is 15.9 Å². The minimum absolute atomic E-state index is 0.479. The maximum Gasteiger partial charge on any atom is 0.243 e. The lowest BCUT2D eigenvalue weighted by molar-refractivity contribution is 0.284. The van der Waals surface area contributed by atoms with Gasteiger partial charge in [-0.15, -0.1) is 0 Å². The lowest BCUT2D eigenvalue weighted by Crippen LogP contribution is -2.08. The molecule has 0 saturated carbocycles. The van der Waals surface area contributed by atoms with Gasteiger partial charge in [0, 0.05) is 17.6 Å². The zero-order chi connectivity index (χ0) is 18.4. The summed E-state index contributed by atoms with van der Waals surface area (Å²) in [4.78, 5) is 0. The van der Waals surface area contributed by atoms with Crippen molar-refractivity contribution >= 4 is 21.9 Å². The van der Waals surface area contributed by atoms with E-state index in [9.17, 15) is 0 Å². The van der Waals surface area contributed by atoms with Gasteiger partial charge in [-0.1, -0.05) is 51.4 Å². The minimum Gasteiger partial charge on any atom is -0.493 e. The van der Waals surface area contributed by atoms with Gasteiger partial charge in [-0.2, -0.15) is 0 Å². The maximum atomic E-state index is 5.92. The first-order valence-corrected chi connectivity index (χ1v) is 9.03. The summed E-state index contributed by atoms with van der Waals surface area (Å²) in [6.07, 6.45) is 0. The summed E-state index contributed by atoms with van der Waals surface area (Å²) in [5.74, 6) is 1.99. The van der Waals surface area contributed by atoms with E-state index in [0.717, 1.165) is 15.6 Å². The number of aromatic nitrogens is 4. The molecule has 1 aromatic heterocycles. The number of nitrogens with one attached hydrogen (secondary N) is 1. The van der Waals surface area contributed by atoms with Gasteiger partial charge < -0.3 is 14.8 Å². The van der Waals surface area contributed by atoms with Gasteiger partial charge in [-0.05, 0) is 40.6 Å². The first-order valence-electron chi connectivity index (χ1n) is 8.24. The molecule has 3 rings (SSSR count). The third-order valence-electron chi connectivity index (χ3n) is 3.84. The van der Waals surface area contributed by atoms with Crippen molar-refractivity contribution in [3.63, 3.8) is 0 Å². The summed E-state index contributed by atoms with van der Waals surface area (Å²) in [6, 6.07) is 13.9. The van der Waals surface area contributed by atoms with Crippen LogP contribution in [0.4, 0.5) is 5.95 Å². The van der Waals surface area contributed by atoms with Gasteiger partial charge in [0.05, 0.1) is 7.11 Å². The molecule has 2 aromatic carbocycles. The summed E-state index contributed by atoms with van der Waals surface area (Å²) < 4.78 is 14.0. The Kier molecular flexibility index (Phi) is 6.06. The Balaban J connectivity index is 1.72. The van der Waals surface area contributed by atoms with Gasteiger partial charge >= 0.3 is 0 Å². The molecule has 0 spiro atoms. The van der Waals surface area contributed by atoms with E-state index < -0.39 is 0 Å². The number of tetrazole rings is 1. The van der Waals surface area contributed by atoms with Crippen LogP contribution in [0, 0.1) is 0 Å². The number of hydrogen-bond donors (Lipinski definition) is 1. The lowest BCUT2D eigenvalue weighted by atomic mass is 10.2. The molecule has 0 aliphatic rings. The molecule has 0 amide bonds. The quantitative estimate of drug-likeness (QED) is 0.602. The molecule has 136 valence electrons. The third kappa shape index (κ3) is 4.32. The van der Waals surface area contributed by atoms with E-state index in [2.05, 4.69) is 36.8 Å². The number of anilines is 1. The zero-order valence-electron chi connectivity index (χ0n) is 14.6. The molecule has 0 radical (unpaired) electrons. The maximum absolute atomic E-state index is 5.92. The molecular formula is C18H20BrN5O2. The third-order valence-corrected chi connectivity index (χ3v) is 4.58. The van der Waals surface area contributed by atoms with E-state index >= 15 is 0 Å². The summed E-state index contributed by atoms with van der Waals surface area (Å²) in [5.41, 5.74) is 2.11. The molecule has 1 heterocycles. The van der Waals surface area contributed by atoms with Gasteiger partial charge in [-0.3, -0.25) is 0 Å². The highest BCUT2D eigenvalue weighted by Crippen LogP contribution is 2.34. The van der Waals surface area contributed by atoms with Crippen LogP contribution < -0.4 is 14.8 Å². The van der Waals surface area contributed by atoms with Crippen molar-refractivity contribution < 1.29 is 9.47 Å². The van der Waals surface area contributed by atoms with Crippen molar-refractivity contribution in [3.8, 4) is 11.5 Å². The molecule has 0 aliphatic heterocycles. The molecule has 0 unspecified atom stereocenters. The van der Waals surface area contributed by atoms with Crippen LogP contribution in [-0.2, 0) is 19.7 Å². The Bertz CT molecular complexity index is 854. The molecule has 8 heteroatoms. The van der Waals surface area contributed by atoms with Gasteiger partial charge in [0.1, 0.15) is 6.61 Å². The summed E-state index contributed by atoms with van der Waals surface area (Å²) in [7, 11) is 1.63. The summed E-state index contributed by atoms with van der Waals surface area (Å²) in [6.45, 7) is 3.72. The molecule has 0 aliphatic carbocycles. The number of aryl methyl sites for hydroxylation is 1. The highest BCUT2D eigenvalue weighted by atomic mass is 79.9. The molecule has 0 fully saturated rings. The van der Waals surface area contributed by atoms with Crippen LogP contribution in [0.5, 0.6) is 11.5 Å². The van der Waals surface area contributed by atoms with Crippen LogP contribution in [0.1, 0.15) is 18.1 Å². The molecule has 3 aromatic rings. The second-order valence-corrected chi connectivity index (χ2v) is 6.39. The fourth-order valence-electron chi connectivity index (χ4n) is 2.44. The van der Waals surface area contributed by atoms with E-state index in [-0.39, 0.29) is 0 Å². The van der Waals surface area contributed by atoms with Crippen LogP contribution in [-0.4, -0.2) is 27.3 Å². The first-order chi connectivity index (χ1) is 12.7. The van der Waals surface area contributed by atoms with Crippen molar-refractivity contribution in [3.05, 3.63) is 58.1 Å². The Morgan fingerprint density at radius 3 is 2.69 bits per heavy atom. The number of halogens is 1. The predicted molar refractivity (Wildman–Crippen MR) is 102 cm³/mol. The Labute approximate surface area is 160 Å². The molecular weight excluding hydrogens is 398 g/mol. The molecule has 1 N–H and O–H groups in total. The number of benzene rings is 2.